The maximum Gasteiger partial charge on any atom is 0.292 e. The highest BCUT2D eigenvalue weighted by molar-refractivity contribution is 7.98. The average molecular weight is 569 g/mol. The van der Waals surface area contributed by atoms with Crippen LogP contribution in [0.3, 0.4) is 0 Å². The summed E-state index contributed by atoms with van der Waals surface area (Å²) in [5.74, 6) is -0.398. The van der Waals surface area contributed by atoms with Gasteiger partial charge in [0, 0.05) is 28.3 Å². The molecule has 0 fully saturated rings. The summed E-state index contributed by atoms with van der Waals surface area (Å²) in [7, 11) is 0. The molecule has 5 rings (SSSR count). The van der Waals surface area contributed by atoms with Gasteiger partial charge in [-0.1, -0.05) is 55.4 Å². The number of rotatable bonds is 7. The van der Waals surface area contributed by atoms with Crippen molar-refractivity contribution >= 4 is 63.0 Å². The Hall–Kier alpha value is -3.73. The first-order chi connectivity index (χ1) is 18.4. The first-order valence-electron chi connectivity index (χ1n) is 11.6. The molecule has 0 aliphatic carbocycles. The SMILES string of the molecule is CC.O=C(Nc1cc(-c2cccs2)ccc1[N+](=O)[O-])c1ccc(CSc2nc3cc(Cl)c(F)cc3[nH]2)cc1. The number of nitrogens with one attached hydrogen (secondary N) is 2. The van der Waals surface area contributed by atoms with E-state index in [4.69, 9.17) is 11.6 Å². The molecule has 5 aromatic rings. The van der Waals surface area contributed by atoms with Crippen molar-refractivity contribution in [3.63, 3.8) is 0 Å². The van der Waals surface area contributed by atoms with E-state index in [1.54, 1.807) is 36.4 Å². The van der Waals surface area contributed by atoms with Crippen molar-refractivity contribution in [2.75, 3.05) is 5.32 Å². The molecule has 0 saturated carbocycles. The normalized spacial score (nSPS) is 10.6. The Labute approximate surface area is 231 Å². The van der Waals surface area contributed by atoms with Crippen LogP contribution in [0.2, 0.25) is 5.02 Å². The molecule has 0 aliphatic rings. The van der Waals surface area contributed by atoms with E-state index >= 15 is 0 Å². The Bertz CT molecular complexity index is 1550. The molecule has 11 heteroatoms. The summed E-state index contributed by atoms with van der Waals surface area (Å²) in [6, 6.07) is 18.2. The molecule has 38 heavy (non-hydrogen) atoms. The van der Waals surface area contributed by atoms with Crippen molar-refractivity contribution in [2.45, 2.75) is 24.8 Å². The summed E-state index contributed by atoms with van der Waals surface area (Å²) >= 11 is 8.75. The lowest BCUT2D eigenvalue weighted by atomic mass is 10.1. The summed E-state index contributed by atoms with van der Waals surface area (Å²) in [5, 5.41) is 16.7. The molecular formula is C27H22ClFN4O3S2. The Morgan fingerprint density at radius 1 is 1.16 bits per heavy atom. The number of amides is 1. The number of hydrogen-bond donors (Lipinski definition) is 2. The van der Waals surface area contributed by atoms with Crippen LogP contribution in [0.4, 0.5) is 15.8 Å². The van der Waals surface area contributed by atoms with Crippen LogP contribution in [-0.4, -0.2) is 20.8 Å². The number of nitro groups is 1. The molecule has 0 unspecified atom stereocenters. The third-order valence-electron chi connectivity index (χ3n) is 5.34. The second-order valence-electron chi connectivity index (χ2n) is 7.73. The van der Waals surface area contributed by atoms with Crippen molar-refractivity contribution in [1.29, 1.82) is 0 Å². The topological polar surface area (TPSA) is 101 Å². The first-order valence-corrected chi connectivity index (χ1v) is 13.8. The molecule has 0 radical (unpaired) electrons. The molecule has 2 N–H and O–H groups in total. The zero-order valence-electron chi connectivity index (χ0n) is 20.3. The minimum absolute atomic E-state index is 0.0167. The fourth-order valence-electron chi connectivity index (χ4n) is 3.54. The maximum atomic E-state index is 13.6. The van der Waals surface area contributed by atoms with Crippen molar-refractivity contribution in [2.24, 2.45) is 0 Å². The summed E-state index contributed by atoms with van der Waals surface area (Å²) in [6.45, 7) is 4.00. The van der Waals surface area contributed by atoms with Crippen molar-refractivity contribution in [1.82, 2.24) is 9.97 Å². The summed E-state index contributed by atoms with van der Waals surface area (Å²) < 4.78 is 13.6. The summed E-state index contributed by atoms with van der Waals surface area (Å²) in [5.41, 5.74) is 3.19. The first kappa shape index (κ1) is 27.3. The number of nitrogens with zero attached hydrogens (tertiary/aromatic N) is 2. The number of imidazole rings is 1. The van der Waals surface area contributed by atoms with Crippen molar-refractivity contribution < 1.29 is 14.1 Å². The van der Waals surface area contributed by atoms with Crippen LogP contribution in [0.25, 0.3) is 21.5 Å². The highest BCUT2D eigenvalue weighted by Gasteiger charge is 2.18. The van der Waals surface area contributed by atoms with E-state index in [0.29, 0.717) is 27.5 Å². The van der Waals surface area contributed by atoms with E-state index in [0.717, 1.165) is 16.0 Å². The van der Waals surface area contributed by atoms with Crippen LogP contribution in [0, 0.1) is 15.9 Å². The Morgan fingerprint density at radius 3 is 2.61 bits per heavy atom. The lowest BCUT2D eigenvalue weighted by Crippen LogP contribution is -2.13. The van der Waals surface area contributed by atoms with E-state index in [1.807, 2.05) is 31.4 Å². The largest absolute Gasteiger partial charge is 0.333 e. The van der Waals surface area contributed by atoms with Gasteiger partial charge in [0.1, 0.15) is 11.5 Å². The van der Waals surface area contributed by atoms with Gasteiger partial charge in [-0.3, -0.25) is 14.9 Å². The van der Waals surface area contributed by atoms with Gasteiger partial charge in [-0.25, -0.2) is 9.37 Å². The number of H-pyrrole nitrogens is 1. The van der Waals surface area contributed by atoms with E-state index in [-0.39, 0.29) is 16.4 Å². The number of aromatic nitrogens is 2. The molecule has 1 amide bonds. The quantitative estimate of drug-likeness (QED) is 0.116. The van der Waals surface area contributed by atoms with Crippen LogP contribution in [-0.2, 0) is 5.75 Å². The van der Waals surface area contributed by atoms with E-state index in [9.17, 15) is 19.3 Å². The van der Waals surface area contributed by atoms with Crippen molar-refractivity contribution in [3.8, 4) is 10.4 Å². The molecule has 0 saturated heterocycles. The predicted molar refractivity (Wildman–Crippen MR) is 153 cm³/mol. The molecule has 3 aromatic carbocycles. The lowest BCUT2D eigenvalue weighted by Gasteiger charge is -2.09. The fraction of sp³-hybridized carbons (Fsp3) is 0.111. The Kier molecular flexibility index (Phi) is 8.77. The van der Waals surface area contributed by atoms with Crippen LogP contribution in [0.1, 0.15) is 29.8 Å². The highest BCUT2D eigenvalue weighted by Crippen LogP contribution is 2.33. The maximum absolute atomic E-state index is 13.6. The Morgan fingerprint density at radius 2 is 1.92 bits per heavy atom. The van der Waals surface area contributed by atoms with Gasteiger partial charge in [0.2, 0.25) is 0 Å². The minimum atomic E-state index is -0.519. The van der Waals surface area contributed by atoms with Gasteiger partial charge in [-0.05, 0) is 52.9 Å². The molecule has 2 heterocycles. The van der Waals surface area contributed by atoms with Gasteiger partial charge in [0.25, 0.3) is 11.6 Å². The zero-order valence-corrected chi connectivity index (χ0v) is 22.7. The number of fused-ring (bicyclic) bond motifs is 1. The molecule has 0 bridgehead atoms. The lowest BCUT2D eigenvalue weighted by molar-refractivity contribution is -0.383. The van der Waals surface area contributed by atoms with Crippen LogP contribution >= 0.6 is 34.7 Å². The van der Waals surface area contributed by atoms with Gasteiger partial charge < -0.3 is 10.3 Å². The molecular weight excluding hydrogens is 547 g/mol. The highest BCUT2D eigenvalue weighted by atomic mass is 35.5. The number of halogens is 2. The fourth-order valence-corrected chi connectivity index (χ4v) is 5.26. The van der Waals surface area contributed by atoms with Crippen molar-refractivity contribution in [3.05, 3.63) is 104 Å². The number of anilines is 1. The molecule has 0 spiro atoms. The Balaban J connectivity index is 0.00000164. The molecule has 7 nitrogen and oxygen atoms in total. The number of hydrogen-bond acceptors (Lipinski definition) is 6. The van der Waals surface area contributed by atoms with Gasteiger partial charge in [-0.2, -0.15) is 0 Å². The monoisotopic (exact) mass is 568 g/mol. The number of aromatic amines is 1. The third-order valence-corrected chi connectivity index (χ3v) is 7.49. The van der Waals surface area contributed by atoms with E-state index in [2.05, 4.69) is 15.3 Å². The smallest absolute Gasteiger partial charge is 0.292 e. The average Bonchev–Trinajstić information content (AvgIpc) is 3.59. The summed E-state index contributed by atoms with van der Waals surface area (Å²) in [4.78, 5) is 32.2. The van der Waals surface area contributed by atoms with Gasteiger partial charge in [-0.15, -0.1) is 11.3 Å². The van der Waals surface area contributed by atoms with Crippen LogP contribution in [0.5, 0.6) is 0 Å². The number of thioether (sulfide) groups is 1. The van der Waals surface area contributed by atoms with Gasteiger partial charge in [0.05, 0.1) is 21.0 Å². The third kappa shape index (κ3) is 6.21. The molecule has 194 valence electrons. The number of carbonyl (C=O) groups is 1. The molecule has 0 aliphatic heterocycles. The number of nitro benzene ring substituents is 1. The summed E-state index contributed by atoms with van der Waals surface area (Å²) in [6.07, 6.45) is 0. The second-order valence-corrected chi connectivity index (χ2v) is 10.1. The van der Waals surface area contributed by atoms with Gasteiger partial charge in [0.15, 0.2) is 5.16 Å². The predicted octanol–water partition coefficient (Wildman–Crippen LogP) is 8.56. The number of benzene rings is 3. The molecule has 2 aromatic heterocycles. The standard InChI is InChI=1S/C25H16ClFN4O3S2.C2H6/c26-17-11-19-20(12-18(17)27)30-25(29-19)36-13-14-3-5-15(6-4-14)24(32)28-21-10-16(23-2-1-9-35-23)7-8-22(21)31(33)34;1-2/h1-12H,13H2,(H,28,32)(H,29,30);1-2H3. The number of thiophene rings is 1. The van der Waals surface area contributed by atoms with E-state index in [1.165, 1.54) is 41.3 Å². The van der Waals surface area contributed by atoms with Crippen LogP contribution < -0.4 is 5.32 Å². The van der Waals surface area contributed by atoms with E-state index < -0.39 is 16.6 Å². The second kappa shape index (κ2) is 12.2. The van der Waals surface area contributed by atoms with Gasteiger partial charge >= 0.3 is 0 Å². The molecule has 0 atom stereocenters. The zero-order chi connectivity index (χ0) is 27.2. The van der Waals surface area contributed by atoms with Crippen LogP contribution in [0.15, 0.2) is 77.3 Å². The minimum Gasteiger partial charge on any atom is -0.333 e. The number of carbonyl (C=O) groups excluding carboxylic acids is 1.